The van der Waals surface area contributed by atoms with Crippen LogP contribution in [0.4, 0.5) is 0 Å². The second-order valence-corrected chi connectivity index (χ2v) is 5.47. The van der Waals surface area contributed by atoms with Gasteiger partial charge >= 0.3 is 5.97 Å². The van der Waals surface area contributed by atoms with Crippen molar-refractivity contribution >= 4 is 17.7 Å². The van der Waals surface area contributed by atoms with Crippen molar-refractivity contribution in [3.63, 3.8) is 0 Å². The summed E-state index contributed by atoms with van der Waals surface area (Å²) in [6.07, 6.45) is 0.448. The van der Waals surface area contributed by atoms with Crippen molar-refractivity contribution in [2.45, 2.75) is 25.0 Å². The molecule has 0 heterocycles. The van der Waals surface area contributed by atoms with Crippen molar-refractivity contribution in [2.75, 3.05) is 18.6 Å². The zero-order valence-corrected chi connectivity index (χ0v) is 11.9. The van der Waals surface area contributed by atoms with Gasteiger partial charge in [0, 0.05) is 17.5 Å². The summed E-state index contributed by atoms with van der Waals surface area (Å²) in [4.78, 5) is 10.9. The van der Waals surface area contributed by atoms with E-state index in [1.54, 1.807) is 0 Å². The standard InChI is InChI=1S/C14H21NO3S/c1-18-14(17)7-8-19-10-13(16)12(15)9-11-5-3-2-4-6-11/h2-6,12-13,16H,7-10,15H2,1H3. The van der Waals surface area contributed by atoms with Crippen molar-refractivity contribution in [1.29, 1.82) is 0 Å². The van der Waals surface area contributed by atoms with E-state index in [0.717, 1.165) is 5.56 Å². The Morgan fingerprint density at radius 3 is 2.74 bits per heavy atom. The molecule has 1 rings (SSSR count). The fourth-order valence-electron chi connectivity index (χ4n) is 1.61. The monoisotopic (exact) mass is 283 g/mol. The minimum Gasteiger partial charge on any atom is -0.469 e. The predicted octanol–water partition coefficient (Wildman–Crippen LogP) is 1.21. The highest BCUT2D eigenvalue weighted by molar-refractivity contribution is 7.99. The Kier molecular flexibility index (Phi) is 7.55. The molecule has 0 aromatic heterocycles. The lowest BCUT2D eigenvalue weighted by atomic mass is 10.0. The number of benzene rings is 1. The zero-order chi connectivity index (χ0) is 14.1. The zero-order valence-electron chi connectivity index (χ0n) is 11.1. The molecule has 1 aromatic rings. The van der Waals surface area contributed by atoms with E-state index in [4.69, 9.17) is 5.73 Å². The summed E-state index contributed by atoms with van der Waals surface area (Å²) in [5.74, 6) is 0.947. The van der Waals surface area contributed by atoms with Crippen LogP contribution in [0.2, 0.25) is 0 Å². The van der Waals surface area contributed by atoms with Gasteiger partial charge < -0.3 is 15.6 Å². The number of carbonyl (C=O) groups excluding carboxylic acids is 1. The third kappa shape index (κ3) is 6.61. The average Bonchev–Trinajstić information content (AvgIpc) is 2.44. The molecule has 0 aliphatic heterocycles. The van der Waals surface area contributed by atoms with Gasteiger partial charge in [-0.05, 0) is 12.0 Å². The summed E-state index contributed by atoms with van der Waals surface area (Å²) < 4.78 is 4.54. The van der Waals surface area contributed by atoms with Crippen molar-refractivity contribution < 1.29 is 14.6 Å². The SMILES string of the molecule is COC(=O)CCSCC(O)C(N)Cc1ccccc1. The van der Waals surface area contributed by atoms with Crippen LogP contribution in [-0.2, 0) is 16.0 Å². The molecule has 19 heavy (non-hydrogen) atoms. The summed E-state index contributed by atoms with van der Waals surface area (Å²) in [7, 11) is 1.37. The second kappa shape index (κ2) is 8.96. The summed E-state index contributed by atoms with van der Waals surface area (Å²) in [6, 6.07) is 9.58. The highest BCUT2D eigenvalue weighted by Gasteiger charge is 2.15. The minimum atomic E-state index is -0.567. The molecule has 0 aliphatic rings. The first-order valence-corrected chi connectivity index (χ1v) is 7.41. The van der Waals surface area contributed by atoms with E-state index in [9.17, 15) is 9.90 Å². The number of esters is 1. The van der Waals surface area contributed by atoms with Crippen LogP contribution in [0.3, 0.4) is 0 Å². The van der Waals surface area contributed by atoms with Gasteiger partial charge in [0.15, 0.2) is 0 Å². The quantitative estimate of drug-likeness (QED) is 0.554. The maximum absolute atomic E-state index is 10.9. The van der Waals surface area contributed by atoms with Gasteiger partial charge in [0.1, 0.15) is 0 Å². The van der Waals surface area contributed by atoms with Crippen LogP contribution in [0.25, 0.3) is 0 Å². The molecule has 0 saturated heterocycles. The van der Waals surface area contributed by atoms with E-state index >= 15 is 0 Å². The number of ether oxygens (including phenoxy) is 1. The van der Waals surface area contributed by atoms with Crippen LogP contribution >= 0.6 is 11.8 Å². The van der Waals surface area contributed by atoms with Gasteiger partial charge in [0.05, 0.1) is 19.6 Å². The predicted molar refractivity (Wildman–Crippen MR) is 78.1 cm³/mol. The van der Waals surface area contributed by atoms with Gasteiger partial charge in [0.25, 0.3) is 0 Å². The Balaban J connectivity index is 2.21. The Bertz CT molecular complexity index is 372. The van der Waals surface area contributed by atoms with Crippen LogP contribution in [-0.4, -0.2) is 41.8 Å². The van der Waals surface area contributed by atoms with Crippen LogP contribution in [0.5, 0.6) is 0 Å². The lowest BCUT2D eigenvalue weighted by Crippen LogP contribution is -2.38. The molecule has 0 aliphatic carbocycles. The van der Waals surface area contributed by atoms with Gasteiger partial charge in [-0.1, -0.05) is 30.3 Å². The number of nitrogens with two attached hydrogens (primary N) is 1. The van der Waals surface area contributed by atoms with E-state index in [1.165, 1.54) is 18.9 Å². The van der Waals surface area contributed by atoms with Gasteiger partial charge in [0.2, 0.25) is 0 Å². The molecular weight excluding hydrogens is 262 g/mol. The van der Waals surface area contributed by atoms with E-state index < -0.39 is 6.10 Å². The fraction of sp³-hybridized carbons (Fsp3) is 0.500. The molecule has 2 atom stereocenters. The highest BCUT2D eigenvalue weighted by atomic mass is 32.2. The Morgan fingerprint density at radius 2 is 2.11 bits per heavy atom. The average molecular weight is 283 g/mol. The molecule has 2 unspecified atom stereocenters. The van der Waals surface area contributed by atoms with Gasteiger partial charge in [-0.25, -0.2) is 0 Å². The first-order chi connectivity index (χ1) is 9.13. The number of carbonyl (C=O) groups is 1. The molecule has 4 nitrogen and oxygen atoms in total. The first-order valence-electron chi connectivity index (χ1n) is 6.25. The number of aliphatic hydroxyl groups excluding tert-OH is 1. The summed E-state index contributed by atoms with van der Waals surface area (Å²) in [6.45, 7) is 0. The van der Waals surface area contributed by atoms with Crippen LogP contribution in [0.15, 0.2) is 30.3 Å². The molecule has 3 N–H and O–H groups in total. The lowest BCUT2D eigenvalue weighted by molar-refractivity contribution is -0.140. The summed E-state index contributed by atoms with van der Waals surface area (Å²) in [5.41, 5.74) is 7.08. The second-order valence-electron chi connectivity index (χ2n) is 4.32. The van der Waals surface area contributed by atoms with Crippen molar-refractivity contribution in [1.82, 2.24) is 0 Å². The Morgan fingerprint density at radius 1 is 1.42 bits per heavy atom. The van der Waals surface area contributed by atoms with Crippen molar-refractivity contribution in [3.05, 3.63) is 35.9 Å². The molecule has 0 radical (unpaired) electrons. The normalized spacial score (nSPS) is 13.8. The van der Waals surface area contributed by atoms with Crippen molar-refractivity contribution in [2.24, 2.45) is 5.73 Å². The van der Waals surface area contributed by atoms with E-state index in [0.29, 0.717) is 24.3 Å². The van der Waals surface area contributed by atoms with Crippen LogP contribution in [0, 0.1) is 0 Å². The molecule has 0 amide bonds. The summed E-state index contributed by atoms with van der Waals surface area (Å²) in [5, 5.41) is 9.94. The number of hydrogen-bond acceptors (Lipinski definition) is 5. The molecule has 0 bridgehead atoms. The smallest absolute Gasteiger partial charge is 0.306 e. The molecule has 106 valence electrons. The van der Waals surface area contributed by atoms with Crippen LogP contribution in [0.1, 0.15) is 12.0 Å². The molecular formula is C14H21NO3S. The van der Waals surface area contributed by atoms with Gasteiger partial charge in [-0.3, -0.25) is 4.79 Å². The largest absolute Gasteiger partial charge is 0.469 e. The Hall–Kier alpha value is -1.04. The number of rotatable bonds is 8. The molecule has 0 fully saturated rings. The summed E-state index contributed by atoms with van der Waals surface area (Å²) >= 11 is 1.51. The minimum absolute atomic E-state index is 0.226. The Labute approximate surface area is 118 Å². The molecule has 5 heteroatoms. The maximum atomic E-state index is 10.9. The third-order valence-electron chi connectivity index (χ3n) is 2.78. The van der Waals surface area contributed by atoms with E-state index in [1.807, 2.05) is 30.3 Å². The third-order valence-corrected chi connectivity index (χ3v) is 3.85. The molecule has 1 aromatic carbocycles. The maximum Gasteiger partial charge on any atom is 0.306 e. The van der Waals surface area contributed by atoms with Crippen LogP contribution < -0.4 is 5.73 Å². The topological polar surface area (TPSA) is 72.5 Å². The number of methoxy groups -OCH3 is 1. The number of aliphatic hydroxyl groups is 1. The number of thioether (sulfide) groups is 1. The molecule has 0 spiro atoms. The van der Waals surface area contributed by atoms with Crippen molar-refractivity contribution in [3.8, 4) is 0 Å². The fourth-order valence-corrected chi connectivity index (χ4v) is 2.57. The molecule has 0 saturated carbocycles. The van der Waals surface area contributed by atoms with Gasteiger partial charge in [-0.2, -0.15) is 11.8 Å². The number of hydrogen-bond donors (Lipinski definition) is 2. The highest BCUT2D eigenvalue weighted by Crippen LogP contribution is 2.10. The van der Waals surface area contributed by atoms with E-state index in [-0.39, 0.29) is 12.0 Å². The first kappa shape index (κ1) is 16.0. The van der Waals surface area contributed by atoms with E-state index in [2.05, 4.69) is 4.74 Å². The lowest BCUT2D eigenvalue weighted by Gasteiger charge is -2.18. The van der Waals surface area contributed by atoms with Gasteiger partial charge in [-0.15, -0.1) is 0 Å².